The topological polar surface area (TPSA) is 21.3 Å². The second-order valence-corrected chi connectivity index (χ2v) is 2.54. The Labute approximate surface area is 72.4 Å². The van der Waals surface area contributed by atoms with E-state index in [2.05, 4.69) is 35.3 Å². The fourth-order valence-electron chi connectivity index (χ4n) is 0.213. The maximum Gasteiger partial charge on any atom is 0.0779 e. The summed E-state index contributed by atoms with van der Waals surface area (Å²) in [5.74, 6) is 0. The van der Waals surface area contributed by atoms with Gasteiger partial charge in [-0.3, -0.25) is 0 Å². The number of rotatable bonds is 4. The minimum Gasteiger partial charge on any atom is -0.301 e. The molecule has 0 fully saturated rings. The molecule has 0 saturated carbocycles. The molecule has 1 N–H and O–H groups in total. The molecule has 0 aromatic rings. The van der Waals surface area contributed by atoms with Crippen LogP contribution in [0.4, 0.5) is 0 Å². The Morgan fingerprint density at radius 3 is 2.10 bits per heavy atom. The number of halogens is 1. The van der Waals surface area contributed by atoms with Crippen LogP contribution in [-0.4, -0.2) is 18.5 Å². The first-order chi connectivity index (χ1) is 4.83. The van der Waals surface area contributed by atoms with Gasteiger partial charge in [0.05, 0.1) is 6.61 Å². The Balaban J connectivity index is 0. The molecule has 0 atom stereocenters. The second-order valence-electron chi connectivity index (χ2n) is 1.74. The van der Waals surface area contributed by atoms with Crippen LogP contribution in [0.3, 0.4) is 0 Å². The molecule has 3 heteroatoms. The highest BCUT2D eigenvalue weighted by atomic mass is 79.9. The van der Waals surface area contributed by atoms with E-state index in [-0.39, 0.29) is 0 Å². The lowest BCUT2D eigenvalue weighted by molar-refractivity contribution is 0.0571. The molecule has 0 heterocycles. The average Bonchev–Trinajstić information content (AvgIpc) is 1.91. The highest BCUT2D eigenvalue weighted by Gasteiger charge is 1.77. The smallest absolute Gasteiger partial charge is 0.0779 e. The van der Waals surface area contributed by atoms with Crippen molar-refractivity contribution in [3.63, 3.8) is 0 Å². The third-order valence-electron chi connectivity index (χ3n) is 0.426. The summed E-state index contributed by atoms with van der Waals surface area (Å²) in [5.41, 5.74) is 2.72. The summed E-state index contributed by atoms with van der Waals surface area (Å²) in [4.78, 5) is 4.84. The molecule has 10 heavy (non-hydrogen) atoms. The third kappa shape index (κ3) is 23.8. The summed E-state index contributed by atoms with van der Waals surface area (Å²) in [6.07, 6.45) is 1.25. The Bertz CT molecular complexity index is 40.6. The van der Waals surface area contributed by atoms with Gasteiger partial charge in [-0.25, -0.2) is 5.48 Å². The van der Waals surface area contributed by atoms with Crippen molar-refractivity contribution in [1.82, 2.24) is 5.48 Å². The quantitative estimate of drug-likeness (QED) is 0.438. The molecule has 0 aliphatic heterocycles. The van der Waals surface area contributed by atoms with Gasteiger partial charge < -0.3 is 4.84 Å². The van der Waals surface area contributed by atoms with Gasteiger partial charge in [0.15, 0.2) is 0 Å². The molecule has 0 bridgehead atoms. The normalized spacial score (nSPS) is 8.40. The van der Waals surface area contributed by atoms with E-state index in [0.717, 1.165) is 18.5 Å². The zero-order valence-electron chi connectivity index (χ0n) is 7.11. The maximum atomic E-state index is 4.84. The van der Waals surface area contributed by atoms with E-state index >= 15 is 0 Å². The van der Waals surface area contributed by atoms with Crippen molar-refractivity contribution in [3.8, 4) is 0 Å². The standard InChI is InChI=1S/C4H10BrNO.C3H8/c1-2-6-7-4-3-5;1-3-2/h6H,2-4H2,1H3;3H2,1-2H3. The second kappa shape index (κ2) is 16.2. The van der Waals surface area contributed by atoms with Crippen LogP contribution < -0.4 is 5.48 Å². The fraction of sp³-hybridized carbons (Fsp3) is 1.00. The summed E-state index contributed by atoms with van der Waals surface area (Å²) in [6, 6.07) is 0. The molecule has 0 spiro atoms. The van der Waals surface area contributed by atoms with Crippen LogP contribution in [0.1, 0.15) is 27.2 Å². The van der Waals surface area contributed by atoms with Crippen LogP contribution in [0.2, 0.25) is 0 Å². The SMILES string of the molecule is CCC.CCNOCCBr. The largest absolute Gasteiger partial charge is 0.301 e. The van der Waals surface area contributed by atoms with Gasteiger partial charge in [0.1, 0.15) is 0 Å². The van der Waals surface area contributed by atoms with Crippen LogP contribution in [-0.2, 0) is 4.84 Å². The van der Waals surface area contributed by atoms with Gasteiger partial charge in [-0.2, -0.15) is 0 Å². The zero-order valence-corrected chi connectivity index (χ0v) is 8.70. The molecular weight excluding hydrogens is 194 g/mol. The number of hydrogen-bond donors (Lipinski definition) is 1. The Morgan fingerprint density at radius 2 is 1.80 bits per heavy atom. The molecule has 2 nitrogen and oxygen atoms in total. The van der Waals surface area contributed by atoms with E-state index in [1.165, 1.54) is 6.42 Å². The molecule has 0 aromatic heterocycles. The van der Waals surface area contributed by atoms with Gasteiger partial charge in [0.2, 0.25) is 0 Å². The summed E-state index contributed by atoms with van der Waals surface area (Å²) < 4.78 is 0. The number of hydroxylamine groups is 1. The fourth-order valence-corrected chi connectivity index (χ4v) is 0.375. The van der Waals surface area contributed by atoms with Gasteiger partial charge in [0, 0.05) is 11.9 Å². The predicted octanol–water partition coefficient (Wildman–Crippen LogP) is 2.34. The highest BCUT2D eigenvalue weighted by Crippen LogP contribution is 1.76. The molecule has 0 rings (SSSR count). The Morgan fingerprint density at radius 1 is 1.30 bits per heavy atom. The molecule has 0 amide bonds. The molecule has 0 unspecified atom stereocenters. The summed E-state index contributed by atoms with van der Waals surface area (Å²) in [5, 5.41) is 0.889. The van der Waals surface area contributed by atoms with Crippen LogP contribution >= 0.6 is 15.9 Å². The van der Waals surface area contributed by atoms with Gasteiger partial charge >= 0.3 is 0 Å². The van der Waals surface area contributed by atoms with E-state index in [1.807, 2.05) is 6.92 Å². The zero-order chi connectivity index (χ0) is 8.24. The predicted molar refractivity (Wildman–Crippen MR) is 49.4 cm³/mol. The van der Waals surface area contributed by atoms with Crippen LogP contribution in [0, 0.1) is 0 Å². The summed E-state index contributed by atoms with van der Waals surface area (Å²) >= 11 is 3.21. The van der Waals surface area contributed by atoms with Gasteiger partial charge in [-0.15, -0.1) is 0 Å². The minimum absolute atomic E-state index is 0.730. The van der Waals surface area contributed by atoms with Crippen LogP contribution in [0.5, 0.6) is 0 Å². The third-order valence-corrected chi connectivity index (χ3v) is 0.749. The number of alkyl halides is 1. The Kier molecular flexibility index (Phi) is 21.1. The lowest BCUT2D eigenvalue weighted by atomic mass is 10.6. The van der Waals surface area contributed by atoms with Crippen molar-refractivity contribution >= 4 is 15.9 Å². The molecule has 0 saturated heterocycles. The molecular formula is C7H18BrNO. The van der Waals surface area contributed by atoms with E-state index in [0.29, 0.717) is 0 Å². The van der Waals surface area contributed by atoms with Crippen LogP contribution in [0.15, 0.2) is 0 Å². The van der Waals surface area contributed by atoms with Gasteiger partial charge in [-0.1, -0.05) is 43.1 Å². The lowest BCUT2D eigenvalue weighted by Gasteiger charge is -1.96. The summed E-state index contributed by atoms with van der Waals surface area (Å²) in [7, 11) is 0. The first kappa shape index (κ1) is 13.0. The highest BCUT2D eigenvalue weighted by molar-refractivity contribution is 9.09. The van der Waals surface area contributed by atoms with Crippen molar-refractivity contribution in [2.75, 3.05) is 18.5 Å². The van der Waals surface area contributed by atoms with Gasteiger partial charge in [-0.05, 0) is 0 Å². The molecule has 0 radical (unpaired) electrons. The Hall–Kier alpha value is 0.400. The molecule has 64 valence electrons. The summed E-state index contributed by atoms with van der Waals surface area (Å²) in [6.45, 7) is 7.84. The first-order valence-corrected chi connectivity index (χ1v) is 4.86. The monoisotopic (exact) mass is 211 g/mol. The van der Waals surface area contributed by atoms with E-state index in [4.69, 9.17) is 4.84 Å². The molecule has 0 aliphatic rings. The van der Waals surface area contributed by atoms with Crippen molar-refractivity contribution in [1.29, 1.82) is 0 Å². The lowest BCUT2D eigenvalue weighted by Crippen LogP contribution is -2.14. The van der Waals surface area contributed by atoms with E-state index < -0.39 is 0 Å². The van der Waals surface area contributed by atoms with E-state index in [1.54, 1.807) is 0 Å². The molecule has 0 aromatic carbocycles. The van der Waals surface area contributed by atoms with Crippen LogP contribution in [0.25, 0.3) is 0 Å². The first-order valence-electron chi connectivity index (χ1n) is 3.73. The van der Waals surface area contributed by atoms with Crippen molar-refractivity contribution in [2.45, 2.75) is 27.2 Å². The average molecular weight is 212 g/mol. The van der Waals surface area contributed by atoms with Crippen molar-refractivity contribution < 1.29 is 4.84 Å². The minimum atomic E-state index is 0.730. The molecule has 0 aliphatic carbocycles. The van der Waals surface area contributed by atoms with Gasteiger partial charge in [0.25, 0.3) is 0 Å². The maximum absolute atomic E-state index is 4.84. The van der Waals surface area contributed by atoms with Crippen molar-refractivity contribution in [2.24, 2.45) is 0 Å². The van der Waals surface area contributed by atoms with Crippen molar-refractivity contribution in [3.05, 3.63) is 0 Å². The number of hydrogen-bond acceptors (Lipinski definition) is 2. The number of nitrogens with one attached hydrogen (secondary N) is 1. The van der Waals surface area contributed by atoms with E-state index in [9.17, 15) is 0 Å².